The molecule has 0 unspecified atom stereocenters. The summed E-state index contributed by atoms with van der Waals surface area (Å²) in [6.45, 7) is 0. The molecule has 412 valence electrons. The van der Waals surface area contributed by atoms with E-state index in [-0.39, 0.29) is 41.3 Å². The van der Waals surface area contributed by atoms with Crippen molar-refractivity contribution in [1.82, 2.24) is 0 Å². The summed E-state index contributed by atoms with van der Waals surface area (Å²) < 4.78 is 0. The van der Waals surface area contributed by atoms with Crippen molar-refractivity contribution in [2.45, 2.75) is 5.92 Å². The molecule has 0 aliphatic heterocycles. The van der Waals surface area contributed by atoms with Gasteiger partial charge in [-0.25, -0.2) is 0 Å². The third-order valence-electron chi connectivity index (χ3n) is 11.0. The van der Waals surface area contributed by atoms with Crippen LogP contribution in [0.1, 0.15) is 56.0 Å². The maximum absolute atomic E-state index is 7.97. The van der Waals surface area contributed by atoms with Gasteiger partial charge in [-0.05, 0) is 0 Å². The highest BCUT2D eigenvalue weighted by atomic mass is 35.5. The van der Waals surface area contributed by atoms with Crippen LogP contribution in [0.2, 0.25) is 166 Å². The molecule has 0 aromatic heterocycles. The van der Waals surface area contributed by atoms with Crippen LogP contribution in [-0.4, -0.2) is 0 Å². The van der Waals surface area contributed by atoms with Gasteiger partial charge in [0.15, 0.2) is 0 Å². The van der Waals surface area contributed by atoms with E-state index >= 15 is 0 Å². The minimum absolute atomic E-state index is 0.341. The van der Waals surface area contributed by atoms with E-state index in [1.54, 1.807) is 0 Å². The molecule has 0 nitrogen and oxygen atoms in total. The lowest BCUT2D eigenvalue weighted by Gasteiger charge is -2.34. The van der Waals surface area contributed by atoms with E-state index in [2.05, 4.69) is 0 Å². The zero-order valence-corrected chi connectivity index (χ0v) is 60.0. The van der Waals surface area contributed by atoms with Crippen LogP contribution in [0.25, 0.3) is 0 Å². The average molecular weight is 1710 g/mol. The first-order valence-electron chi connectivity index (χ1n) is 19.1. The smallest absolute Gasteiger partial charge is 0.0809 e. The van der Waals surface area contributed by atoms with Gasteiger partial charge in [0.1, 0.15) is 0 Å². The first-order chi connectivity index (χ1) is 36.1. The van der Waals surface area contributed by atoms with Gasteiger partial charge in [-0.1, -0.05) is 383 Å². The molecule has 0 saturated carbocycles. The summed E-state index contributed by atoms with van der Waals surface area (Å²) in [6.07, 6.45) is 0. The predicted octanol–water partition coefficient (Wildman–Crippen LogP) is 32.5. The van der Waals surface area contributed by atoms with Gasteiger partial charge in [0.2, 0.25) is 0 Å². The van der Waals surface area contributed by atoms with Gasteiger partial charge in [0, 0.05) is 56.0 Å². The molecule has 7 aromatic rings. The Labute approximate surface area is 607 Å². The van der Waals surface area contributed by atoms with Crippen LogP contribution >= 0.6 is 383 Å². The first kappa shape index (κ1) is 69.6. The summed E-state index contributed by atoms with van der Waals surface area (Å²) in [4.78, 5) is 0. The topological polar surface area (TPSA) is 0 Å². The summed E-state index contributed by atoms with van der Waals surface area (Å²) in [5.74, 6) is -2.88. The molecule has 0 aliphatic rings. The molecular formula is C45HCl33. The summed E-state index contributed by atoms with van der Waals surface area (Å²) in [7, 11) is 0. The highest BCUT2D eigenvalue weighted by molar-refractivity contribution is 6.62. The van der Waals surface area contributed by atoms with Gasteiger partial charge >= 0.3 is 0 Å². The van der Waals surface area contributed by atoms with Crippen molar-refractivity contribution in [1.29, 1.82) is 0 Å². The van der Waals surface area contributed by atoms with E-state index in [0.29, 0.717) is 0 Å². The van der Waals surface area contributed by atoms with Crippen LogP contribution in [0.4, 0.5) is 0 Å². The molecule has 33 heteroatoms. The molecule has 0 atom stereocenters. The monoisotopic (exact) mass is 1690 g/mol. The van der Waals surface area contributed by atoms with Crippen LogP contribution < -0.4 is 0 Å². The molecule has 0 saturated heterocycles. The number of rotatable bonds is 9. The molecule has 2 radical (unpaired) electrons. The van der Waals surface area contributed by atoms with Gasteiger partial charge in [-0.2, -0.15) is 0 Å². The molecule has 7 rings (SSSR count). The Kier molecular flexibility index (Phi) is 24.0. The fourth-order valence-electron chi connectivity index (χ4n) is 7.61. The Hall–Kier alpha value is 4.11. The quantitative estimate of drug-likeness (QED) is 0.0768. The van der Waals surface area contributed by atoms with Crippen molar-refractivity contribution in [2.75, 3.05) is 0 Å². The molecule has 0 heterocycles. The maximum atomic E-state index is 7.97. The Balaban J connectivity index is 1.99. The molecule has 78 heavy (non-hydrogen) atoms. The number of benzene rings is 7. The van der Waals surface area contributed by atoms with Gasteiger partial charge in [0.05, 0.1) is 178 Å². The number of hydrogen-bond acceptors (Lipinski definition) is 0. The van der Waals surface area contributed by atoms with Gasteiger partial charge in [-0.15, -0.1) is 0 Å². The second-order valence-electron chi connectivity index (χ2n) is 15.0. The normalized spacial score (nSPS) is 12.0. The number of halogens is 33. The molecule has 0 N–H and O–H groups in total. The lowest BCUT2D eigenvalue weighted by Crippen LogP contribution is -2.19. The lowest BCUT2D eigenvalue weighted by atomic mass is 9.75. The van der Waals surface area contributed by atoms with Crippen molar-refractivity contribution in [2.24, 2.45) is 0 Å². The largest absolute Gasteiger partial charge is 0.0835 e. The standard InChI is InChI=1S/C45HCl33/c46-13-4(1(7-16(49)28(61)40(73)29(62)17(7)50)8-18(51)30(63)41(74)31(64)19(8)52)14(47)6(3(11-24(57)36(69)44(77)37(70)25(11)58)12-26(59)38(71)45(78)39(72)27(12)60)15(48)5(13)2(9-20(53)32(65)42(75)33(66)21(9)54)10-22(55)34(67)43(76)35(68)23(10)56/h1H. The third kappa shape index (κ3) is 11.6. The Morgan fingerprint density at radius 2 is 0.244 bits per heavy atom. The zero-order chi connectivity index (χ0) is 59.0. The highest BCUT2D eigenvalue weighted by Crippen LogP contribution is 2.65. The van der Waals surface area contributed by atoms with Crippen LogP contribution in [0, 0.1) is 11.8 Å². The second-order valence-corrected chi connectivity index (χ2v) is 27.5. The van der Waals surface area contributed by atoms with Crippen LogP contribution in [-0.2, 0) is 0 Å². The molecule has 0 aliphatic carbocycles. The third-order valence-corrected chi connectivity index (χ3v) is 25.9. The van der Waals surface area contributed by atoms with Crippen LogP contribution in [0.5, 0.6) is 0 Å². The minimum Gasteiger partial charge on any atom is -0.0835 e. The van der Waals surface area contributed by atoms with E-state index in [4.69, 9.17) is 383 Å². The maximum Gasteiger partial charge on any atom is 0.0809 e. The van der Waals surface area contributed by atoms with Crippen LogP contribution in [0.15, 0.2) is 0 Å². The summed E-state index contributed by atoms with van der Waals surface area (Å²) >= 11 is 232. The van der Waals surface area contributed by atoms with Crippen molar-refractivity contribution < 1.29 is 0 Å². The van der Waals surface area contributed by atoms with Gasteiger partial charge < -0.3 is 0 Å². The molecule has 0 spiro atoms. The number of hydrogen-bond donors (Lipinski definition) is 0. The fraction of sp³-hybridized carbons (Fsp3) is 0.0222. The first-order valence-corrected chi connectivity index (χ1v) is 31.6. The predicted molar refractivity (Wildman–Crippen MR) is 352 cm³/mol. The molecule has 0 amide bonds. The van der Waals surface area contributed by atoms with E-state index in [1.165, 1.54) is 0 Å². The van der Waals surface area contributed by atoms with Crippen molar-refractivity contribution in [3.8, 4) is 0 Å². The molecule has 0 bridgehead atoms. The van der Waals surface area contributed by atoms with Crippen LogP contribution in [0.3, 0.4) is 0 Å². The van der Waals surface area contributed by atoms with E-state index in [1.807, 2.05) is 0 Å². The second kappa shape index (κ2) is 26.9. The van der Waals surface area contributed by atoms with E-state index in [9.17, 15) is 0 Å². The molecular weight excluding hydrogens is 1710 g/mol. The Morgan fingerprint density at radius 3 is 0.410 bits per heavy atom. The SMILES string of the molecule is Clc1c(Cl)c(Cl)c([C](c2c(Cl)c(Cl)c(Cl)c(Cl)c2Cl)c2c(Cl)c([C](c3c(Cl)c(Cl)c(Cl)c(Cl)c3Cl)c3c(Cl)c(Cl)c(Cl)c(Cl)c3Cl)c(Cl)c(C(c3c(Cl)c(Cl)c(Cl)c(Cl)c3Cl)c3c(Cl)c(Cl)c(Cl)c(Cl)c3Cl)c2Cl)c(Cl)c1Cl. The van der Waals surface area contributed by atoms with E-state index < -0.39 is 192 Å². The lowest BCUT2D eigenvalue weighted by molar-refractivity contribution is 0.969. The zero-order valence-electron chi connectivity index (χ0n) is 35.1. The summed E-state index contributed by atoms with van der Waals surface area (Å²) in [5, 5.41) is -14.7. The molecule has 0 fully saturated rings. The molecule has 7 aromatic carbocycles. The highest BCUT2D eigenvalue weighted by Gasteiger charge is 2.46. The van der Waals surface area contributed by atoms with Gasteiger partial charge in [0.25, 0.3) is 0 Å². The minimum atomic E-state index is -1.93. The summed E-state index contributed by atoms with van der Waals surface area (Å²) in [6, 6.07) is 0. The van der Waals surface area contributed by atoms with E-state index in [0.717, 1.165) is 0 Å². The fourth-order valence-corrected chi connectivity index (χ4v) is 17.0. The Bertz CT molecular complexity index is 3020. The van der Waals surface area contributed by atoms with Crippen molar-refractivity contribution in [3.63, 3.8) is 0 Å². The Morgan fingerprint density at radius 1 is 0.128 bits per heavy atom. The van der Waals surface area contributed by atoms with Crippen molar-refractivity contribution >= 4 is 383 Å². The van der Waals surface area contributed by atoms with Gasteiger partial charge in [-0.3, -0.25) is 0 Å². The van der Waals surface area contributed by atoms with Crippen molar-refractivity contribution in [3.05, 3.63) is 228 Å². The summed E-state index contributed by atoms with van der Waals surface area (Å²) in [5.41, 5.74) is -3.90. The average Bonchev–Trinajstić information content (AvgIpc) is 3.58.